The minimum atomic E-state index is -0.125. The van der Waals surface area contributed by atoms with Gasteiger partial charge in [-0.15, -0.1) is 12.4 Å². The van der Waals surface area contributed by atoms with Crippen molar-refractivity contribution in [3.63, 3.8) is 0 Å². The minimum Gasteiger partial charge on any atom is -0.352 e. The van der Waals surface area contributed by atoms with Crippen molar-refractivity contribution in [3.8, 4) is 0 Å². The molecule has 1 rings (SSSR count). The van der Waals surface area contributed by atoms with E-state index in [1.807, 2.05) is 31.2 Å². The Bertz CT molecular complexity index is 329. The third kappa shape index (κ3) is 4.96. The van der Waals surface area contributed by atoms with Crippen LogP contribution >= 0.6 is 28.3 Å². The van der Waals surface area contributed by atoms with E-state index in [9.17, 15) is 4.79 Å². The minimum absolute atomic E-state index is 0. The van der Waals surface area contributed by atoms with Crippen molar-refractivity contribution in [1.82, 2.24) is 5.32 Å². The molecule has 0 aromatic heterocycles. The number of hydrogen-bond donors (Lipinski definition) is 2. The number of carbonyl (C=O) groups excluding carboxylic acids is 1. The summed E-state index contributed by atoms with van der Waals surface area (Å²) in [6.07, 6.45) is 0. The summed E-state index contributed by atoms with van der Waals surface area (Å²) in [6.45, 7) is 2.75. The Hall–Kier alpha value is -0.580. The topological polar surface area (TPSA) is 55.1 Å². The van der Waals surface area contributed by atoms with Crippen molar-refractivity contribution in [2.24, 2.45) is 11.7 Å². The molecule has 0 aliphatic carbocycles. The van der Waals surface area contributed by atoms with Gasteiger partial charge in [0.1, 0.15) is 0 Å². The zero-order chi connectivity index (χ0) is 11.3. The van der Waals surface area contributed by atoms with Crippen LogP contribution in [0.5, 0.6) is 0 Å². The summed E-state index contributed by atoms with van der Waals surface area (Å²) in [5, 5.41) is 2.83. The molecule has 0 saturated carbocycles. The lowest BCUT2D eigenvalue weighted by Crippen LogP contribution is -2.32. The lowest BCUT2D eigenvalue weighted by Gasteiger charge is -2.09. The van der Waals surface area contributed by atoms with Crippen LogP contribution in [-0.4, -0.2) is 12.5 Å². The lowest BCUT2D eigenvalue weighted by molar-refractivity contribution is -0.124. The number of nitrogens with two attached hydrogens (primary N) is 1. The molecule has 5 heteroatoms. The van der Waals surface area contributed by atoms with Gasteiger partial charge in [-0.3, -0.25) is 4.79 Å². The second-order valence-electron chi connectivity index (χ2n) is 3.48. The molecule has 0 heterocycles. The van der Waals surface area contributed by atoms with Crippen LogP contribution in [0.2, 0.25) is 0 Å². The largest absolute Gasteiger partial charge is 0.352 e. The van der Waals surface area contributed by atoms with Crippen LogP contribution < -0.4 is 11.1 Å². The Morgan fingerprint density at radius 3 is 2.50 bits per heavy atom. The van der Waals surface area contributed by atoms with Crippen molar-refractivity contribution in [2.75, 3.05) is 6.54 Å². The number of carbonyl (C=O) groups is 1. The van der Waals surface area contributed by atoms with E-state index in [-0.39, 0.29) is 24.2 Å². The van der Waals surface area contributed by atoms with E-state index in [0.717, 1.165) is 10.0 Å². The molecule has 3 N–H and O–H groups in total. The van der Waals surface area contributed by atoms with Gasteiger partial charge in [-0.1, -0.05) is 35.0 Å². The highest BCUT2D eigenvalue weighted by molar-refractivity contribution is 9.10. The molecule has 90 valence electrons. The molecule has 16 heavy (non-hydrogen) atoms. The monoisotopic (exact) mass is 306 g/mol. The van der Waals surface area contributed by atoms with Gasteiger partial charge in [0.2, 0.25) is 5.91 Å². The summed E-state index contributed by atoms with van der Waals surface area (Å²) in [6, 6.07) is 7.84. The summed E-state index contributed by atoms with van der Waals surface area (Å²) < 4.78 is 1.04. The van der Waals surface area contributed by atoms with Crippen molar-refractivity contribution in [2.45, 2.75) is 13.5 Å². The average molecular weight is 308 g/mol. The van der Waals surface area contributed by atoms with E-state index in [2.05, 4.69) is 21.2 Å². The molecule has 0 aliphatic heterocycles. The predicted molar refractivity (Wildman–Crippen MR) is 71.5 cm³/mol. The number of nitrogens with one attached hydrogen (secondary N) is 1. The molecule has 0 bridgehead atoms. The quantitative estimate of drug-likeness (QED) is 0.895. The first kappa shape index (κ1) is 15.4. The van der Waals surface area contributed by atoms with Gasteiger partial charge in [0, 0.05) is 23.5 Å². The molecule has 1 amide bonds. The van der Waals surface area contributed by atoms with Crippen LogP contribution in [0.3, 0.4) is 0 Å². The Morgan fingerprint density at radius 1 is 1.44 bits per heavy atom. The molecule has 0 aliphatic rings. The van der Waals surface area contributed by atoms with Crippen molar-refractivity contribution < 1.29 is 4.79 Å². The Morgan fingerprint density at radius 2 is 2.00 bits per heavy atom. The summed E-state index contributed by atoms with van der Waals surface area (Å²) in [5.41, 5.74) is 6.47. The highest BCUT2D eigenvalue weighted by atomic mass is 79.9. The summed E-state index contributed by atoms with van der Waals surface area (Å²) in [5.74, 6) is -0.124. The molecule has 1 aromatic carbocycles. The van der Waals surface area contributed by atoms with Gasteiger partial charge >= 0.3 is 0 Å². The number of hydrogen-bond acceptors (Lipinski definition) is 2. The van der Waals surface area contributed by atoms with Gasteiger partial charge in [0.15, 0.2) is 0 Å². The van der Waals surface area contributed by atoms with Gasteiger partial charge in [-0.05, 0) is 17.7 Å². The first-order valence-corrected chi connectivity index (χ1v) is 5.65. The smallest absolute Gasteiger partial charge is 0.224 e. The Balaban J connectivity index is 0.00000225. The van der Waals surface area contributed by atoms with Gasteiger partial charge in [0.05, 0.1) is 0 Å². The third-order valence-corrected chi connectivity index (χ3v) is 2.71. The molecular formula is C11H16BrClN2O. The zero-order valence-corrected chi connectivity index (χ0v) is 11.5. The molecule has 0 fully saturated rings. The summed E-state index contributed by atoms with van der Waals surface area (Å²) in [7, 11) is 0. The Kier molecular flexibility index (Phi) is 7.38. The standard InChI is InChI=1S/C11H15BrN2O.ClH/c1-8(6-13)11(15)14-7-9-2-4-10(12)5-3-9;/h2-5,8H,6-7,13H2,1H3,(H,14,15);1H. The molecular weight excluding hydrogens is 291 g/mol. The van der Waals surface area contributed by atoms with Crippen LogP contribution in [0.4, 0.5) is 0 Å². The van der Waals surface area contributed by atoms with E-state index >= 15 is 0 Å². The summed E-state index contributed by atoms with van der Waals surface area (Å²) >= 11 is 3.36. The van der Waals surface area contributed by atoms with E-state index in [1.165, 1.54) is 0 Å². The first-order valence-electron chi connectivity index (χ1n) is 4.85. The van der Waals surface area contributed by atoms with Crippen LogP contribution in [-0.2, 0) is 11.3 Å². The zero-order valence-electron chi connectivity index (χ0n) is 9.07. The highest BCUT2D eigenvalue weighted by Crippen LogP contribution is 2.10. The second-order valence-corrected chi connectivity index (χ2v) is 4.40. The average Bonchev–Trinajstić information content (AvgIpc) is 2.26. The van der Waals surface area contributed by atoms with E-state index in [4.69, 9.17) is 5.73 Å². The lowest BCUT2D eigenvalue weighted by atomic mass is 10.1. The van der Waals surface area contributed by atoms with Gasteiger partial charge in [0.25, 0.3) is 0 Å². The van der Waals surface area contributed by atoms with Gasteiger partial charge in [-0.25, -0.2) is 0 Å². The fourth-order valence-corrected chi connectivity index (χ4v) is 1.34. The van der Waals surface area contributed by atoms with Crippen LogP contribution in [0.25, 0.3) is 0 Å². The molecule has 0 spiro atoms. The maximum absolute atomic E-state index is 11.4. The molecule has 1 unspecified atom stereocenters. The van der Waals surface area contributed by atoms with Crippen molar-refractivity contribution >= 4 is 34.2 Å². The van der Waals surface area contributed by atoms with E-state index < -0.39 is 0 Å². The maximum Gasteiger partial charge on any atom is 0.224 e. The second kappa shape index (κ2) is 7.65. The van der Waals surface area contributed by atoms with E-state index in [0.29, 0.717) is 13.1 Å². The number of amides is 1. The van der Waals surface area contributed by atoms with Gasteiger partial charge in [-0.2, -0.15) is 0 Å². The molecule has 3 nitrogen and oxygen atoms in total. The van der Waals surface area contributed by atoms with Crippen LogP contribution in [0, 0.1) is 5.92 Å². The molecule has 1 aromatic rings. The highest BCUT2D eigenvalue weighted by Gasteiger charge is 2.09. The van der Waals surface area contributed by atoms with Crippen molar-refractivity contribution in [3.05, 3.63) is 34.3 Å². The van der Waals surface area contributed by atoms with Crippen LogP contribution in [0.1, 0.15) is 12.5 Å². The van der Waals surface area contributed by atoms with Crippen molar-refractivity contribution in [1.29, 1.82) is 0 Å². The number of rotatable bonds is 4. The predicted octanol–water partition coefficient (Wildman–Crippen LogP) is 2.08. The first-order chi connectivity index (χ1) is 7.13. The summed E-state index contributed by atoms with van der Waals surface area (Å²) in [4.78, 5) is 11.4. The number of benzene rings is 1. The SMILES string of the molecule is CC(CN)C(=O)NCc1ccc(Br)cc1.Cl. The maximum atomic E-state index is 11.4. The third-order valence-electron chi connectivity index (χ3n) is 2.18. The molecule has 1 atom stereocenters. The molecule has 0 radical (unpaired) electrons. The molecule has 0 saturated heterocycles. The fraction of sp³-hybridized carbons (Fsp3) is 0.364. The fourth-order valence-electron chi connectivity index (χ4n) is 1.07. The van der Waals surface area contributed by atoms with Gasteiger partial charge < -0.3 is 11.1 Å². The Labute approximate surface area is 110 Å². The number of halogens is 2. The van der Waals surface area contributed by atoms with E-state index in [1.54, 1.807) is 0 Å². The van der Waals surface area contributed by atoms with Crippen LogP contribution in [0.15, 0.2) is 28.7 Å². The normalized spacial score (nSPS) is 11.4.